The van der Waals surface area contributed by atoms with Crippen LogP contribution in [0.4, 0.5) is 0 Å². The zero-order chi connectivity index (χ0) is 25.0. The molecule has 0 saturated heterocycles. The van der Waals surface area contributed by atoms with Crippen molar-refractivity contribution in [2.24, 2.45) is 0 Å². The molecule has 2 heterocycles. The van der Waals surface area contributed by atoms with Crippen molar-refractivity contribution in [3.63, 3.8) is 0 Å². The van der Waals surface area contributed by atoms with Crippen molar-refractivity contribution in [1.29, 1.82) is 0 Å². The zero-order valence-electron chi connectivity index (χ0n) is 20.7. The molecule has 9 heteroatoms. The van der Waals surface area contributed by atoms with Crippen molar-refractivity contribution < 1.29 is 9.90 Å². The number of aliphatic hydroxyl groups excluding tert-OH is 1. The summed E-state index contributed by atoms with van der Waals surface area (Å²) < 4.78 is 4.09. The van der Waals surface area contributed by atoms with E-state index in [1.165, 1.54) is 10.1 Å². The molecule has 0 spiro atoms. The standard InChI is InChI=1S/C25H35N5O4/c1-6-8-12-29-23-22(28(11-7-2)20(15-31)27-23)24(33)30(25(29)34)14-21(32)26-18(5)19-10-9-16(3)17(4)13-19/h9-10,13,18,31H,6-8,11-12,14-15H2,1-5H3,(H,26,32). The number of rotatable bonds is 10. The fourth-order valence-electron chi connectivity index (χ4n) is 4.13. The molecule has 0 aliphatic heterocycles. The van der Waals surface area contributed by atoms with Crippen molar-refractivity contribution >= 4 is 17.1 Å². The number of nitrogens with one attached hydrogen (secondary N) is 1. The number of hydrogen-bond acceptors (Lipinski definition) is 5. The number of aliphatic hydroxyl groups is 1. The highest BCUT2D eigenvalue weighted by Gasteiger charge is 2.22. The topological polar surface area (TPSA) is 111 Å². The second-order valence-electron chi connectivity index (χ2n) is 8.82. The molecule has 3 rings (SSSR count). The van der Waals surface area contributed by atoms with Gasteiger partial charge in [-0.2, -0.15) is 0 Å². The third-order valence-corrected chi connectivity index (χ3v) is 6.23. The molecule has 0 saturated carbocycles. The van der Waals surface area contributed by atoms with Gasteiger partial charge in [-0.15, -0.1) is 0 Å². The van der Waals surface area contributed by atoms with Gasteiger partial charge in [0.2, 0.25) is 5.91 Å². The lowest BCUT2D eigenvalue weighted by Crippen LogP contribution is -2.44. The summed E-state index contributed by atoms with van der Waals surface area (Å²) in [5.41, 5.74) is 2.63. The maximum absolute atomic E-state index is 13.4. The van der Waals surface area contributed by atoms with Crippen LogP contribution in [0.2, 0.25) is 0 Å². The molecule has 2 N–H and O–H groups in total. The summed E-state index contributed by atoms with van der Waals surface area (Å²) in [5.74, 6) is -0.0839. The molecule has 0 radical (unpaired) electrons. The molecule has 9 nitrogen and oxygen atoms in total. The van der Waals surface area contributed by atoms with E-state index in [0.29, 0.717) is 18.9 Å². The van der Waals surface area contributed by atoms with Crippen LogP contribution < -0.4 is 16.6 Å². The number of carbonyl (C=O) groups is 1. The van der Waals surface area contributed by atoms with Gasteiger partial charge in [-0.3, -0.25) is 14.2 Å². The summed E-state index contributed by atoms with van der Waals surface area (Å²) in [5, 5.41) is 12.7. The van der Waals surface area contributed by atoms with E-state index in [4.69, 9.17) is 0 Å². The first-order valence-electron chi connectivity index (χ1n) is 11.9. The lowest BCUT2D eigenvalue weighted by Gasteiger charge is -2.17. The molecule has 1 atom stereocenters. The van der Waals surface area contributed by atoms with Gasteiger partial charge in [-0.25, -0.2) is 14.3 Å². The van der Waals surface area contributed by atoms with Crippen LogP contribution in [-0.2, 0) is 31.0 Å². The predicted molar refractivity (Wildman–Crippen MR) is 132 cm³/mol. The molecule has 0 aliphatic rings. The van der Waals surface area contributed by atoms with Crippen molar-refractivity contribution in [1.82, 2.24) is 24.0 Å². The van der Waals surface area contributed by atoms with Crippen molar-refractivity contribution in [3.05, 3.63) is 61.6 Å². The quantitative estimate of drug-likeness (QED) is 0.474. The lowest BCUT2D eigenvalue weighted by atomic mass is 10.0. The SMILES string of the molecule is CCCCn1c(=O)n(CC(=O)NC(C)c2ccc(C)c(C)c2)c(=O)c2c1nc(CO)n2CCC. The van der Waals surface area contributed by atoms with Crippen LogP contribution in [0.1, 0.15) is 68.6 Å². The second-order valence-corrected chi connectivity index (χ2v) is 8.82. The second kappa shape index (κ2) is 10.8. The number of fused-ring (bicyclic) bond motifs is 1. The minimum Gasteiger partial charge on any atom is -0.388 e. The highest BCUT2D eigenvalue weighted by molar-refractivity contribution is 5.77. The summed E-state index contributed by atoms with van der Waals surface area (Å²) in [6.07, 6.45) is 2.29. The smallest absolute Gasteiger partial charge is 0.333 e. The van der Waals surface area contributed by atoms with Gasteiger partial charge in [0.1, 0.15) is 19.0 Å². The van der Waals surface area contributed by atoms with E-state index in [0.717, 1.165) is 35.0 Å². The number of nitrogens with zero attached hydrogens (tertiary/aromatic N) is 4. The van der Waals surface area contributed by atoms with Gasteiger partial charge in [0, 0.05) is 13.1 Å². The Hall–Kier alpha value is -3.20. The fraction of sp³-hybridized carbons (Fsp3) is 0.520. The monoisotopic (exact) mass is 469 g/mol. The van der Waals surface area contributed by atoms with Gasteiger partial charge in [0.15, 0.2) is 11.2 Å². The maximum Gasteiger partial charge on any atom is 0.333 e. The average Bonchev–Trinajstić information content (AvgIpc) is 3.17. The molecule has 1 amide bonds. The first-order chi connectivity index (χ1) is 16.2. The van der Waals surface area contributed by atoms with Gasteiger partial charge in [0.05, 0.1) is 6.04 Å². The van der Waals surface area contributed by atoms with Crippen molar-refractivity contribution in [2.75, 3.05) is 0 Å². The Labute approximate surface area is 199 Å². The molecule has 34 heavy (non-hydrogen) atoms. The molecular weight excluding hydrogens is 434 g/mol. The number of carbonyl (C=O) groups excluding carboxylic acids is 1. The normalized spacial score (nSPS) is 12.3. The van der Waals surface area contributed by atoms with Gasteiger partial charge in [-0.05, 0) is 50.3 Å². The third-order valence-electron chi connectivity index (χ3n) is 6.23. The Kier molecular flexibility index (Phi) is 8.09. The first kappa shape index (κ1) is 25.4. The molecule has 1 unspecified atom stereocenters. The summed E-state index contributed by atoms with van der Waals surface area (Å²) in [6, 6.07) is 5.71. The highest BCUT2D eigenvalue weighted by Crippen LogP contribution is 2.17. The molecule has 1 aromatic carbocycles. The number of aromatic nitrogens is 4. The average molecular weight is 470 g/mol. The highest BCUT2D eigenvalue weighted by atomic mass is 16.3. The Morgan fingerprint density at radius 2 is 1.79 bits per heavy atom. The van der Waals surface area contributed by atoms with Crippen LogP contribution in [0, 0.1) is 13.8 Å². The molecule has 3 aromatic rings. The van der Waals surface area contributed by atoms with E-state index >= 15 is 0 Å². The Morgan fingerprint density at radius 1 is 1.06 bits per heavy atom. The Morgan fingerprint density at radius 3 is 2.41 bits per heavy atom. The van der Waals surface area contributed by atoms with E-state index in [9.17, 15) is 19.5 Å². The van der Waals surface area contributed by atoms with Crippen molar-refractivity contribution in [3.8, 4) is 0 Å². The number of benzene rings is 1. The van der Waals surface area contributed by atoms with Gasteiger partial charge in [0.25, 0.3) is 5.56 Å². The maximum atomic E-state index is 13.4. The third kappa shape index (κ3) is 4.99. The zero-order valence-corrected chi connectivity index (χ0v) is 20.7. The van der Waals surface area contributed by atoms with E-state index < -0.39 is 17.2 Å². The van der Waals surface area contributed by atoms with Crippen LogP contribution in [0.3, 0.4) is 0 Å². The van der Waals surface area contributed by atoms with E-state index in [-0.39, 0.29) is 30.4 Å². The van der Waals surface area contributed by atoms with Gasteiger partial charge >= 0.3 is 5.69 Å². The number of hydrogen-bond donors (Lipinski definition) is 2. The molecule has 0 aliphatic carbocycles. The first-order valence-corrected chi connectivity index (χ1v) is 11.9. The molecule has 184 valence electrons. The van der Waals surface area contributed by atoms with Crippen LogP contribution >= 0.6 is 0 Å². The minimum absolute atomic E-state index is 0.247. The number of amides is 1. The Balaban J connectivity index is 2.02. The van der Waals surface area contributed by atoms with E-state index in [2.05, 4.69) is 10.3 Å². The number of aryl methyl sites for hydroxylation is 4. The number of unbranched alkanes of at least 4 members (excludes halogenated alkanes) is 1. The van der Waals surface area contributed by atoms with Gasteiger partial charge in [-0.1, -0.05) is 38.5 Å². The van der Waals surface area contributed by atoms with E-state index in [1.807, 2.05) is 52.8 Å². The summed E-state index contributed by atoms with van der Waals surface area (Å²) >= 11 is 0. The van der Waals surface area contributed by atoms with Crippen LogP contribution in [-0.4, -0.2) is 29.7 Å². The molecular formula is C25H35N5O4. The van der Waals surface area contributed by atoms with Crippen LogP contribution in [0.15, 0.2) is 27.8 Å². The predicted octanol–water partition coefficient (Wildman–Crippen LogP) is 2.56. The molecule has 2 aromatic heterocycles. The van der Waals surface area contributed by atoms with Gasteiger partial charge < -0.3 is 15.0 Å². The Bertz CT molecular complexity index is 1300. The van der Waals surface area contributed by atoms with Crippen LogP contribution in [0.5, 0.6) is 0 Å². The fourth-order valence-corrected chi connectivity index (χ4v) is 4.13. The largest absolute Gasteiger partial charge is 0.388 e. The van der Waals surface area contributed by atoms with Crippen molar-refractivity contribution in [2.45, 2.75) is 86.2 Å². The summed E-state index contributed by atoms with van der Waals surface area (Å²) in [7, 11) is 0. The minimum atomic E-state index is -0.567. The lowest BCUT2D eigenvalue weighted by molar-refractivity contribution is -0.122. The van der Waals surface area contributed by atoms with E-state index in [1.54, 1.807) is 4.57 Å². The molecule has 0 bridgehead atoms. The summed E-state index contributed by atoms with van der Waals surface area (Å²) in [6.45, 7) is 10.0. The number of imidazole rings is 1. The molecule has 0 fully saturated rings. The summed E-state index contributed by atoms with van der Waals surface area (Å²) in [4.78, 5) is 44.0. The van der Waals surface area contributed by atoms with Crippen LogP contribution in [0.25, 0.3) is 11.2 Å².